The highest BCUT2D eigenvalue weighted by atomic mass is 32.2. The Balaban J connectivity index is 1.74. The topological polar surface area (TPSA) is 55.5 Å². The van der Waals surface area contributed by atoms with Gasteiger partial charge in [-0.3, -0.25) is 0 Å². The molecule has 0 radical (unpaired) electrons. The number of hydrogen-bond donors (Lipinski definition) is 1. The van der Waals surface area contributed by atoms with Gasteiger partial charge in [0.25, 0.3) is 5.22 Å². The average Bonchev–Trinajstić information content (AvgIpc) is 2.88. The van der Waals surface area contributed by atoms with Crippen molar-refractivity contribution in [1.29, 1.82) is 0 Å². The standard InChI is InChI=1S/C15H15NO3S/c1-12-11-19-15(16-12)20-10-9-18-14-6-4-13(5-7-14)3-2-8-17/h4-7,11,17H,8-10H2,1H3. The van der Waals surface area contributed by atoms with E-state index < -0.39 is 0 Å². The molecule has 0 aliphatic rings. The van der Waals surface area contributed by atoms with E-state index in [9.17, 15) is 0 Å². The molecular formula is C15H15NO3S. The lowest BCUT2D eigenvalue weighted by Gasteiger charge is -2.04. The Morgan fingerprint density at radius 1 is 1.35 bits per heavy atom. The number of ether oxygens (including phenoxy) is 1. The van der Waals surface area contributed by atoms with Gasteiger partial charge in [-0.15, -0.1) is 0 Å². The Kier molecular flexibility index (Phi) is 5.54. The molecule has 0 fully saturated rings. The predicted octanol–water partition coefficient (Wildman–Crippen LogP) is 2.50. The highest BCUT2D eigenvalue weighted by molar-refractivity contribution is 7.99. The molecule has 0 saturated heterocycles. The zero-order valence-electron chi connectivity index (χ0n) is 11.1. The van der Waals surface area contributed by atoms with Crippen molar-refractivity contribution < 1.29 is 14.3 Å². The molecule has 2 aromatic rings. The van der Waals surface area contributed by atoms with Gasteiger partial charge in [0, 0.05) is 11.3 Å². The summed E-state index contributed by atoms with van der Waals surface area (Å²) in [6.45, 7) is 2.34. The maximum Gasteiger partial charge on any atom is 0.255 e. The Hall–Kier alpha value is -1.90. The van der Waals surface area contributed by atoms with E-state index in [1.54, 1.807) is 6.26 Å². The van der Waals surface area contributed by atoms with Crippen LogP contribution < -0.4 is 4.74 Å². The number of benzene rings is 1. The van der Waals surface area contributed by atoms with Crippen LogP contribution in [-0.2, 0) is 0 Å². The quantitative estimate of drug-likeness (QED) is 0.520. The Morgan fingerprint density at radius 2 is 2.15 bits per heavy atom. The maximum atomic E-state index is 8.61. The minimum Gasteiger partial charge on any atom is -0.493 e. The molecule has 0 bridgehead atoms. The van der Waals surface area contributed by atoms with Gasteiger partial charge >= 0.3 is 0 Å². The number of aryl methyl sites for hydroxylation is 1. The summed E-state index contributed by atoms with van der Waals surface area (Å²) in [6, 6.07) is 7.45. The number of thioether (sulfide) groups is 1. The van der Waals surface area contributed by atoms with Crippen LogP contribution in [0, 0.1) is 18.8 Å². The van der Waals surface area contributed by atoms with Crippen molar-refractivity contribution in [2.45, 2.75) is 12.1 Å². The van der Waals surface area contributed by atoms with Crippen molar-refractivity contribution in [3.8, 4) is 17.6 Å². The zero-order chi connectivity index (χ0) is 14.2. The van der Waals surface area contributed by atoms with Crippen LogP contribution in [0.5, 0.6) is 5.75 Å². The lowest BCUT2D eigenvalue weighted by atomic mass is 10.2. The van der Waals surface area contributed by atoms with Gasteiger partial charge in [-0.1, -0.05) is 23.6 Å². The lowest BCUT2D eigenvalue weighted by molar-refractivity contribution is 0.343. The summed E-state index contributed by atoms with van der Waals surface area (Å²) < 4.78 is 10.8. The normalized spacial score (nSPS) is 9.90. The van der Waals surface area contributed by atoms with Crippen molar-refractivity contribution >= 4 is 11.8 Å². The van der Waals surface area contributed by atoms with Crippen LogP contribution in [0.15, 0.2) is 40.2 Å². The Labute approximate surface area is 122 Å². The van der Waals surface area contributed by atoms with Crippen molar-refractivity contribution in [2.75, 3.05) is 19.0 Å². The van der Waals surface area contributed by atoms with E-state index in [2.05, 4.69) is 16.8 Å². The minimum absolute atomic E-state index is 0.129. The van der Waals surface area contributed by atoms with Gasteiger partial charge in [0.05, 0.1) is 12.3 Å². The highest BCUT2D eigenvalue weighted by Gasteiger charge is 2.01. The molecule has 1 aromatic heterocycles. The maximum absolute atomic E-state index is 8.61. The molecule has 4 nitrogen and oxygen atoms in total. The van der Waals surface area contributed by atoms with Crippen LogP contribution in [0.1, 0.15) is 11.3 Å². The second-order valence-corrected chi connectivity index (χ2v) is 4.98. The molecule has 1 heterocycles. The van der Waals surface area contributed by atoms with Gasteiger partial charge in [-0.25, -0.2) is 4.98 Å². The third kappa shape index (κ3) is 4.65. The first-order chi connectivity index (χ1) is 9.78. The summed E-state index contributed by atoms with van der Waals surface area (Å²) in [5.74, 6) is 7.00. The highest BCUT2D eigenvalue weighted by Crippen LogP contribution is 2.17. The van der Waals surface area contributed by atoms with Crippen LogP contribution in [0.25, 0.3) is 0 Å². The number of nitrogens with zero attached hydrogens (tertiary/aromatic N) is 1. The molecular weight excluding hydrogens is 274 g/mol. The number of aliphatic hydroxyl groups excluding tert-OH is 1. The van der Waals surface area contributed by atoms with Crippen molar-refractivity contribution in [3.05, 3.63) is 41.8 Å². The fourth-order valence-electron chi connectivity index (χ4n) is 1.46. The van der Waals surface area contributed by atoms with Crippen LogP contribution in [0.2, 0.25) is 0 Å². The van der Waals surface area contributed by atoms with Gasteiger partial charge < -0.3 is 14.3 Å². The third-order valence-corrected chi connectivity index (χ3v) is 3.15. The molecule has 0 aliphatic heterocycles. The number of rotatable bonds is 5. The van der Waals surface area contributed by atoms with Crippen LogP contribution >= 0.6 is 11.8 Å². The van der Waals surface area contributed by atoms with Gasteiger partial charge in [-0.2, -0.15) is 0 Å². The largest absolute Gasteiger partial charge is 0.493 e. The van der Waals surface area contributed by atoms with E-state index in [0.29, 0.717) is 11.8 Å². The molecule has 20 heavy (non-hydrogen) atoms. The summed E-state index contributed by atoms with van der Waals surface area (Å²) in [7, 11) is 0. The molecule has 1 N–H and O–H groups in total. The summed E-state index contributed by atoms with van der Waals surface area (Å²) in [4.78, 5) is 4.20. The summed E-state index contributed by atoms with van der Waals surface area (Å²) in [5.41, 5.74) is 1.74. The molecule has 1 aromatic carbocycles. The molecule has 0 atom stereocenters. The number of oxazole rings is 1. The fourth-order valence-corrected chi connectivity index (χ4v) is 2.13. The van der Waals surface area contributed by atoms with Crippen LogP contribution in [0.4, 0.5) is 0 Å². The van der Waals surface area contributed by atoms with Gasteiger partial charge in [0.15, 0.2) is 0 Å². The molecule has 0 spiro atoms. The number of hydrogen-bond acceptors (Lipinski definition) is 5. The lowest BCUT2D eigenvalue weighted by Crippen LogP contribution is -1.99. The SMILES string of the molecule is Cc1coc(SCCOc2ccc(C#CCO)cc2)n1. The second-order valence-electron chi connectivity index (χ2n) is 3.94. The second kappa shape index (κ2) is 7.63. The predicted molar refractivity (Wildman–Crippen MR) is 77.9 cm³/mol. The van der Waals surface area contributed by atoms with Gasteiger partial charge in [-0.05, 0) is 31.2 Å². The molecule has 2 rings (SSSR count). The minimum atomic E-state index is -0.129. The van der Waals surface area contributed by atoms with Gasteiger partial charge in [0.1, 0.15) is 18.6 Å². The molecule has 0 aliphatic carbocycles. The van der Waals surface area contributed by atoms with E-state index in [1.165, 1.54) is 11.8 Å². The van der Waals surface area contributed by atoms with Crippen LogP contribution in [0.3, 0.4) is 0 Å². The smallest absolute Gasteiger partial charge is 0.255 e. The van der Waals surface area contributed by atoms with Crippen LogP contribution in [-0.4, -0.2) is 29.1 Å². The number of aliphatic hydroxyl groups is 1. The van der Waals surface area contributed by atoms with Crippen molar-refractivity contribution in [3.63, 3.8) is 0 Å². The number of aromatic nitrogens is 1. The Morgan fingerprint density at radius 3 is 2.80 bits per heavy atom. The van der Waals surface area contributed by atoms with E-state index in [4.69, 9.17) is 14.3 Å². The molecule has 0 unspecified atom stereocenters. The monoisotopic (exact) mass is 289 g/mol. The van der Waals surface area contributed by atoms with Gasteiger partial charge in [0.2, 0.25) is 0 Å². The third-order valence-electron chi connectivity index (χ3n) is 2.34. The fraction of sp³-hybridized carbons (Fsp3) is 0.267. The average molecular weight is 289 g/mol. The Bertz CT molecular complexity index is 596. The van der Waals surface area contributed by atoms with E-state index in [1.807, 2.05) is 31.2 Å². The van der Waals surface area contributed by atoms with Crippen molar-refractivity contribution in [2.24, 2.45) is 0 Å². The summed E-state index contributed by atoms with van der Waals surface area (Å²) in [6.07, 6.45) is 1.63. The molecule has 0 amide bonds. The molecule has 0 saturated carbocycles. The van der Waals surface area contributed by atoms with E-state index in [-0.39, 0.29) is 6.61 Å². The van der Waals surface area contributed by atoms with E-state index >= 15 is 0 Å². The van der Waals surface area contributed by atoms with Crippen molar-refractivity contribution in [1.82, 2.24) is 4.98 Å². The molecule has 104 valence electrons. The van der Waals surface area contributed by atoms with E-state index in [0.717, 1.165) is 22.8 Å². The first-order valence-electron chi connectivity index (χ1n) is 6.15. The summed E-state index contributed by atoms with van der Waals surface area (Å²) >= 11 is 1.52. The first kappa shape index (κ1) is 14.5. The molecule has 5 heteroatoms. The zero-order valence-corrected chi connectivity index (χ0v) is 11.9. The summed E-state index contributed by atoms with van der Waals surface area (Å²) in [5, 5.41) is 9.27. The first-order valence-corrected chi connectivity index (χ1v) is 7.14.